The van der Waals surface area contributed by atoms with Crippen LogP contribution in [0.2, 0.25) is 0 Å². The van der Waals surface area contributed by atoms with E-state index in [2.05, 4.69) is 18.9 Å². The maximum Gasteiger partial charge on any atom is 0.000995 e. The molecule has 0 aromatic heterocycles. The largest absolute Gasteiger partial charge is 0.306 e. The number of hydrogen-bond acceptors (Lipinski definition) is 1. The van der Waals surface area contributed by atoms with Crippen molar-refractivity contribution < 1.29 is 0 Å². The fourth-order valence-electron chi connectivity index (χ4n) is 2.84. The van der Waals surface area contributed by atoms with Crippen molar-refractivity contribution >= 4 is 0 Å². The van der Waals surface area contributed by atoms with Crippen LogP contribution in [-0.2, 0) is 0 Å². The monoisotopic (exact) mass is 139 g/mol. The molecule has 2 rings (SSSR count). The predicted octanol–water partition coefficient (Wildman–Crippen LogP) is 1.59. The second-order valence-electron chi connectivity index (χ2n) is 4.32. The number of hydrogen-bond donors (Lipinski definition) is 0. The first-order valence-corrected chi connectivity index (χ1v) is 4.44. The fraction of sp³-hybridized carbons (Fsp3) is 1.00. The minimum atomic E-state index is 1.02. The standard InChI is InChI=1S/C9H17N/c1-7-3-8-5-10(2)6-9(8)4-7/h7-9H,3-6H2,1-2H3/t7?,8-,9?/m1/s1. The molecule has 3 atom stereocenters. The predicted molar refractivity (Wildman–Crippen MR) is 42.9 cm³/mol. The van der Waals surface area contributed by atoms with Crippen molar-refractivity contribution in [3.05, 3.63) is 0 Å². The van der Waals surface area contributed by atoms with Crippen LogP contribution < -0.4 is 0 Å². The molecule has 1 saturated heterocycles. The quantitative estimate of drug-likeness (QED) is 0.492. The molecule has 0 amide bonds. The van der Waals surface area contributed by atoms with E-state index in [0.29, 0.717) is 0 Å². The molecule has 2 unspecified atom stereocenters. The average molecular weight is 139 g/mol. The lowest BCUT2D eigenvalue weighted by Crippen LogP contribution is -2.15. The third-order valence-corrected chi connectivity index (χ3v) is 3.17. The highest BCUT2D eigenvalue weighted by molar-refractivity contribution is 4.89. The molecule has 0 radical (unpaired) electrons. The Kier molecular flexibility index (Phi) is 1.48. The highest BCUT2D eigenvalue weighted by Gasteiger charge is 2.37. The van der Waals surface area contributed by atoms with Crippen molar-refractivity contribution in [2.75, 3.05) is 20.1 Å². The molecule has 0 N–H and O–H groups in total. The van der Waals surface area contributed by atoms with Crippen LogP contribution in [-0.4, -0.2) is 25.0 Å². The number of fused-ring (bicyclic) bond motifs is 1. The van der Waals surface area contributed by atoms with Gasteiger partial charge >= 0.3 is 0 Å². The lowest BCUT2D eigenvalue weighted by molar-refractivity contribution is 0.360. The minimum absolute atomic E-state index is 1.02. The molecule has 10 heavy (non-hydrogen) atoms. The zero-order valence-electron chi connectivity index (χ0n) is 7.01. The second-order valence-corrected chi connectivity index (χ2v) is 4.32. The molecular formula is C9H17N. The van der Waals surface area contributed by atoms with Crippen molar-refractivity contribution in [1.82, 2.24) is 4.90 Å². The van der Waals surface area contributed by atoms with Crippen LogP contribution in [0.15, 0.2) is 0 Å². The Balaban J connectivity index is 2.00. The van der Waals surface area contributed by atoms with Crippen LogP contribution in [0.25, 0.3) is 0 Å². The smallest absolute Gasteiger partial charge is 0.000995 e. The first-order chi connectivity index (χ1) is 4.75. The summed E-state index contributed by atoms with van der Waals surface area (Å²) < 4.78 is 0. The summed E-state index contributed by atoms with van der Waals surface area (Å²) in [6.45, 7) is 5.14. The topological polar surface area (TPSA) is 3.24 Å². The molecule has 1 saturated carbocycles. The Morgan fingerprint density at radius 2 is 1.60 bits per heavy atom. The van der Waals surface area contributed by atoms with Gasteiger partial charge in [-0.15, -0.1) is 0 Å². The van der Waals surface area contributed by atoms with E-state index in [0.717, 1.165) is 17.8 Å². The molecule has 58 valence electrons. The second kappa shape index (κ2) is 2.23. The zero-order valence-corrected chi connectivity index (χ0v) is 7.01. The van der Waals surface area contributed by atoms with E-state index >= 15 is 0 Å². The lowest BCUT2D eigenvalue weighted by atomic mass is 10.0. The summed E-state index contributed by atoms with van der Waals surface area (Å²) in [7, 11) is 2.25. The van der Waals surface area contributed by atoms with E-state index in [1.165, 1.54) is 25.9 Å². The van der Waals surface area contributed by atoms with Crippen LogP contribution in [0, 0.1) is 17.8 Å². The van der Waals surface area contributed by atoms with E-state index in [1.807, 2.05) is 0 Å². The van der Waals surface area contributed by atoms with Gasteiger partial charge in [0.25, 0.3) is 0 Å². The number of likely N-dealkylation sites (tertiary alicyclic amines) is 1. The van der Waals surface area contributed by atoms with Gasteiger partial charge in [-0.25, -0.2) is 0 Å². The van der Waals surface area contributed by atoms with Crippen LogP contribution in [0.3, 0.4) is 0 Å². The summed E-state index contributed by atoms with van der Waals surface area (Å²) in [5.41, 5.74) is 0. The highest BCUT2D eigenvalue weighted by atomic mass is 15.1. The van der Waals surface area contributed by atoms with Crippen LogP contribution in [0.5, 0.6) is 0 Å². The van der Waals surface area contributed by atoms with Gasteiger partial charge in [0.15, 0.2) is 0 Å². The average Bonchev–Trinajstić information content (AvgIpc) is 2.21. The maximum atomic E-state index is 2.49. The highest BCUT2D eigenvalue weighted by Crippen LogP contribution is 2.40. The summed E-state index contributed by atoms with van der Waals surface area (Å²) >= 11 is 0. The summed E-state index contributed by atoms with van der Waals surface area (Å²) in [6, 6.07) is 0. The van der Waals surface area contributed by atoms with Crippen molar-refractivity contribution in [1.29, 1.82) is 0 Å². The zero-order chi connectivity index (χ0) is 7.14. The van der Waals surface area contributed by atoms with Crippen LogP contribution in [0.1, 0.15) is 19.8 Å². The van der Waals surface area contributed by atoms with E-state index in [9.17, 15) is 0 Å². The molecule has 0 spiro atoms. The Hall–Kier alpha value is -0.0400. The van der Waals surface area contributed by atoms with Gasteiger partial charge in [-0.1, -0.05) is 6.92 Å². The van der Waals surface area contributed by atoms with Gasteiger partial charge in [0.05, 0.1) is 0 Å². The maximum absolute atomic E-state index is 2.49. The molecule has 1 aliphatic carbocycles. The van der Waals surface area contributed by atoms with Crippen molar-refractivity contribution in [2.24, 2.45) is 17.8 Å². The first-order valence-electron chi connectivity index (χ1n) is 4.44. The Labute approximate surface area is 63.4 Å². The third-order valence-electron chi connectivity index (χ3n) is 3.17. The van der Waals surface area contributed by atoms with Crippen molar-refractivity contribution in [2.45, 2.75) is 19.8 Å². The summed E-state index contributed by atoms with van der Waals surface area (Å²) in [4.78, 5) is 2.49. The molecule has 1 aliphatic heterocycles. The van der Waals surface area contributed by atoms with E-state index < -0.39 is 0 Å². The molecule has 1 heteroatoms. The summed E-state index contributed by atoms with van der Waals surface area (Å²) in [5, 5.41) is 0. The third kappa shape index (κ3) is 0.968. The molecule has 1 heterocycles. The molecular weight excluding hydrogens is 122 g/mol. The van der Waals surface area contributed by atoms with E-state index in [1.54, 1.807) is 0 Å². The van der Waals surface area contributed by atoms with Crippen LogP contribution in [0.4, 0.5) is 0 Å². The Bertz CT molecular complexity index is 105. The van der Waals surface area contributed by atoms with Gasteiger partial charge in [-0.3, -0.25) is 0 Å². The van der Waals surface area contributed by atoms with E-state index in [-0.39, 0.29) is 0 Å². The number of nitrogens with zero attached hydrogens (tertiary/aromatic N) is 1. The normalized spacial score (nSPS) is 48.0. The summed E-state index contributed by atoms with van der Waals surface area (Å²) in [5.74, 6) is 3.13. The molecule has 0 bridgehead atoms. The van der Waals surface area contributed by atoms with Gasteiger partial charge in [0.1, 0.15) is 0 Å². The van der Waals surface area contributed by atoms with Crippen molar-refractivity contribution in [3.63, 3.8) is 0 Å². The van der Waals surface area contributed by atoms with E-state index in [4.69, 9.17) is 0 Å². The molecule has 0 aromatic rings. The SMILES string of the molecule is CC1CC2CN(C)C[C@H]2C1. The molecule has 0 aromatic carbocycles. The van der Waals surface area contributed by atoms with Gasteiger partial charge in [-0.2, -0.15) is 0 Å². The Morgan fingerprint density at radius 1 is 1.10 bits per heavy atom. The van der Waals surface area contributed by atoms with Gasteiger partial charge in [0, 0.05) is 13.1 Å². The minimum Gasteiger partial charge on any atom is -0.306 e. The number of rotatable bonds is 0. The van der Waals surface area contributed by atoms with Gasteiger partial charge < -0.3 is 4.90 Å². The fourth-order valence-corrected chi connectivity index (χ4v) is 2.84. The van der Waals surface area contributed by atoms with Gasteiger partial charge in [-0.05, 0) is 37.6 Å². The first kappa shape index (κ1) is 6.66. The molecule has 1 nitrogen and oxygen atoms in total. The van der Waals surface area contributed by atoms with Gasteiger partial charge in [0.2, 0.25) is 0 Å². The van der Waals surface area contributed by atoms with Crippen molar-refractivity contribution in [3.8, 4) is 0 Å². The molecule has 2 fully saturated rings. The lowest BCUT2D eigenvalue weighted by Gasteiger charge is -2.09. The van der Waals surface area contributed by atoms with Crippen LogP contribution >= 0.6 is 0 Å². The summed E-state index contributed by atoms with van der Waals surface area (Å²) in [6.07, 6.45) is 2.99. The Morgan fingerprint density at radius 3 is 2.10 bits per heavy atom. The molecule has 2 aliphatic rings.